The summed E-state index contributed by atoms with van der Waals surface area (Å²) < 4.78 is 10.9. The number of nitrogens with zero attached hydrogens (tertiary/aromatic N) is 1. The van der Waals surface area contributed by atoms with E-state index in [4.69, 9.17) is 9.47 Å². The van der Waals surface area contributed by atoms with Crippen molar-refractivity contribution in [2.24, 2.45) is 0 Å². The Morgan fingerprint density at radius 3 is 1.57 bits per heavy atom. The van der Waals surface area contributed by atoms with E-state index < -0.39 is 23.4 Å². The molecule has 0 atom stereocenters. The minimum atomic E-state index is -0.633. The van der Waals surface area contributed by atoms with Crippen LogP contribution < -0.4 is 10.6 Å². The Hall–Kier alpha value is -1.83. The van der Waals surface area contributed by atoms with Crippen LogP contribution in [0.15, 0.2) is 16.6 Å². The van der Waals surface area contributed by atoms with Gasteiger partial charge in [0.15, 0.2) is 0 Å². The number of pyridine rings is 1. The van der Waals surface area contributed by atoms with Gasteiger partial charge < -0.3 is 9.47 Å². The lowest BCUT2D eigenvalue weighted by Gasteiger charge is -2.20. The number of carbonyl (C=O) groups excluding carboxylic acids is 2. The largest absolute Gasteiger partial charge is 0.444 e. The summed E-state index contributed by atoms with van der Waals surface area (Å²) in [5.41, 5.74) is -1.23. The third-order valence-electron chi connectivity index (χ3n) is 2.05. The number of carbonyl (C=O) groups is 2. The Morgan fingerprint density at radius 2 is 1.26 bits per heavy atom. The maximum atomic E-state index is 11.8. The first-order valence-electron chi connectivity index (χ1n) is 7.02. The van der Waals surface area contributed by atoms with Crippen LogP contribution in [0.4, 0.5) is 21.2 Å². The van der Waals surface area contributed by atoms with E-state index in [-0.39, 0.29) is 11.6 Å². The molecule has 1 heterocycles. The Kier molecular flexibility index (Phi) is 5.98. The van der Waals surface area contributed by atoms with Gasteiger partial charge >= 0.3 is 12.2 Å². The zero-order valence-electron chi connectivity index (χ0n) is 14.1. The molecule has 0 unspecified atom stereocenters. The lowest BCUT2D eigenvalue weighted by Crippen LogP contribution is -2.28. The summed E-state index contributed by atoms with van der Waals surface area (Å²) in [5, 5.41) is 5.01. The fourth-order valence-electron chi connectivity index (χ4n) is 1.44. The predicted octanol–water partition coefficient (Wildman–Crippen LogP) is 4.54. The number of ether oxygens (including phenoxy) is 2. The highest BCUT2D eigenvalue weighted by Gasteiger charge is 2.19. The van der Waals surface area contributed by atoms with E-state index in [9.17, 15) is 9.59 Å². The van der Waals surface area contributed by atoms with Crippen molar-refractivity contribution in [1.29, 1.82) is 0 Å². The molecule has 23 heavy (non-hydrogen) atoms. The van der Waals surface area contributed by atoms with E-state index >= 15 is 0 Å². The lowest BCUT2D eigenvalue weighted by atomic mass is 10.2. The molecular formula is C15H22BrN3O4. The van der Waals surface area contributed by atoms with Gasteiger partial charge in [0.1, 0.15) is 22.8 Å². The number of hydrogen-bond acceptors (Lipinski definition) is 5. The quantitative estimate of drug-likeness (QED) is 0.777. The summed E-state index contributed by atoms with van der Waals surface area (Å²) in [6.07, 6.45) is -1.27. The second-order valence-corrected chi connectivity index (χ2v) is 7.73. The van der Waals surface area contributed by atoms with Crippen LogP contribution in [0.1, 0.15) is 41.5 Å². The van der Waals surface area contributed by atoms with E-state index in [1.54, 1.807) is 53.7 Å². The van der Waals surface area contributed by atoms with Crippen molar-refractivity contribution in [2.45, 2.75) is 52.7 Å². The van der Waals surface area contributed by atoms with Crippen LogP contribution in [0.2, 0.25) is 0 Å². The van der Waals surface area contributed by atoms with Gasteiger partial charge in [0.2, 0.25) is 0 Å². The zero-order valence-corrected chi connectivity index (χ0v) is 15.7. The van der Waals surface area contributed by atoms with E-state index in [1.165, 1.54) is 0 Å². The van der Waals surface area contributed by atoms with Crippen LogP contribution in [0.25, 0.3) is 0 Å². The molecule has 128 valence electrons. The summed E-state index contributed by atoms with van der Waals surface area (Å²) in [7, 11) is 0. The molecule has 0 aliphatic rings. The van der Waals surface area contributed by atoms with Gasteiger partial charge in [0, 0.05) is 4.47 Å². The molecule has 2 amide bonds. The van der Waals surface area contributed by atoms with E-state index in [2.05, 4.69) is 31.5 Å². The van der Waals surface area contributed by atoms with E-state index in [0.717, 1.165) is 0 Å². The van der Waals surface area contributed by atoms with E-state index in [1.807, 2.05) is 0 Å². The van der Waals surface area contributed by atoms with Gasteiger partial charge in [-0.1, -0.05) is 15.9 Å². The first-order valence-corrected chi connectivity index (χ1v) is 7.81. The van der Waals surface area contributed by atoms with Crippen LogP contribution in [-0.4, -0.2) is 28.4 Å². The molecular weight excluding hydrogens is 366 g/mol. The molecule has 8 heteroatoms. The van der Waals surface area contributed by atoms with Crippen molar-refractivity contribution in [1.82, 2.24) is 4.98 Å². The highest BCUT2D eigenvalue weighted by molar-refractivity contribution is 9.10. The number of amides is 2. The van der Waals surface area contributed by atoms with Crippen molar-refractivity contribution in [3.63, 3.8) is 0 Å². The molecule has 0 spiro atoms. The fourth-order valence-corrected chi connectivity index (χ4v) is 1.88. The van der Waals surface area contributed by atoms with Crippen LogP contribution in [0.3, 0.4) is 0 Å². The molecule has 0 bridgehead atoms. The molecule has 0 fully saturated rings. The van der Waals surface area contributed by atoms with Gasteiger partial charge in [-0.2, -0.15) is 0 Å². The van der Waals surface area contributed by atoms with Gasteiger partial charge in [0.25, 0.3) is 0 Å². The maximum Gasteiger partial charge on any atom is 0.413 e. The summed E-state index contributed by atoms with van der Waals surface area (Å²) in [6.45, 7) is 10.6. The second-order valence-electron chi connectivity index (χ2n) is 6.81. The Morgan fingerprint density at radius 1 is 0.913 bits per heavy atom. The standard InChI is InChI=1S/C15H22BrN3O4/c1-14(2,3)22-12(20)18-10-7-9(16)8-11(17-10)19-13(21)23-15(4,5)6/h7-8H,1-6H3,(H2,17,18,19,20,21). The van der Waals surface area contributed by atoms with Crippen molar-refractivity contribution < 1.29 is 19.1 Å². The summed E-state index contributed by atoms with van der Waals surface area (Å²) in [4.78, 5) is 27.6. The number of nitrogens with one attached hydrogen (secondary N) is 2. The number of hydrogen-bond donors (Lipinski definition) is 2. The number of aromatic nitrogens is 1. The normalized spacial score (nSPS) is 11.6. The molecule has 0 radical (unpaired) electrons. The molecule has 1 rings (SSSR count). The maximum absolute atomic E-state index is 11.8. The molecule has 0 saturated heterocycles. The number of halogens is 1. The van der Waals surface area contributed by atoms with Gasteiger partial charge in [-0.05, 0) is 53.7 Å². The highest BCUT2D eigenvalue weighted by atomic mass is 79.9. The van der Waals surface area contributed by atoms with Crippen LogP contribution in [0, 0.1) is 0 Å². The number of rotatable bonds is 2. The van der Waals surface area contributed by atoms with Crippen molar-refractivity contribution in [3.8, 4) is 0 Å². The van der Waals surface area contributed by atoms with Crippen molar-refractivity contribution >= 4 is 39.8 Å². The Bertz CT molecular complexity index is 543. The first kappa shape index (κ1) is 19.2. The highest BCUT2D eigenvalue weighted by Crippen LogP contribution is 2.20. The molecule has 0 aromatic carbocycles. The lowest BCUT2D eigenvalue weighted by molar-refractivity contribution is 0.0625. The van der Waals surface area contributed by atoms with Gasteiger partial charge in [0.05, 0.1) is 0 Å². The van der Waals surface area contributed by atoms with Crippen molar-refractivity contribution in [3.05, 3.63) is 16.6 Å². The van der Waals surface area contributed by atoms with Gasteiger partial charge in [-0.3, -0.25) is 10.6 Å². The second kappa shape index (κ2) is 7.16. The Labute approximate surface area is 144 Å². The van der Waals surface area contributed by atoms with Gasteiger partial charge in [-0.15, -0.1) is 0 Å². The zero-order chi connectivity index (χ0) is 17.8. The molecule has 7 nitrogen and oxygen atoms in total. The topological polar surface area (TPSA) is 89.6 Å². The predicted molar refractivity (Wildman–Crippen MR) is 91.7 cm³/mol. The van der Waals surface area contributed by atoms with Crippen LogP contribution >= 0.6 is 15.9 Å². The Balaban J connectivity index is 2.79. The van der Waals surface area contributed by atoms with E-state index in [0.29, 0.717) is 4.47 Å². The third-order valence-corrected chi connectivity index (χ3v) is 2.51. The smallest absolute Gasteiger partial charge is 0.413 e. The average molecular weight is 388 g/mol. The molecule has 1 aromatic heterocycles. The monoisotopic (exact) mass is 387 g/mol. The summed E-state index contributed by atoms with van der Waals surface area (Å²) in [6, 6.07) is 3.17. The molecule has 0 aliphatic heterocycles. The molecule has 1 aromatic rings. The molecule has 2 N–H and O–H groups in total. The SMILES string of the molecule is CC(C)(C)OC(=O)Nc1cc(Br)cc(NC(=O)OC(C)(C)C)n1. The van der Waals surface area contributed by atoms with Crippen molar-refractivity contribution in [2.75, 3.05) is 10.6 Å². The van der Waals surface area contributed by atoms with Crippen LogP contribution in [-0.2, 0) is 9.47 Å². The fraction of sp³-hybridized carbons (Fsp3) is 0.533. The minimum absolute atomic E-state index is 0.236. The molecule has 0 saturated carbocycles. The third kappa shape index (κ3) is 8.39. The first-order chi connectivity index (χ1) is 10.3. The average Bonchev–Trinajstić information content (AvgIpc) is 2.20. The van der Waals surface area contributed by atoms with Crippen LogP contribution in [0.5, 0.6) is 0 Å². The number of anilines is 2. The summed E-state index contributed by atoms with van der Waals surface area (Å²) >= 11 is 3.29. The minimum Gasteiger partial charge on any atom is -0.444 e. The summed E-state index contributed by atoms with van der Waals surface area (Å²) in [5.74, 6) is 0.472. The molecule has 0 aliphatic carbocycles. The van der Waals surface area contributed by atoms with Gasteiger partial charge in [-0.25, -0.2) is 14.6 Å².